The van der Waals surface area contributed by atoms with Gasteiger partial charge >= 0.3 is 5.97 Å². The van der Waals surface area contributed by atoms with Gasteiger partial charge in [0, 0.05) is 5.02 Å². The summed E-state index contributed by atoms with van der Waals surface area (Å²) >= 11 is 7.46. The zero-order valence-corrected chi connectivity index (χ0v) is 14.4. The quantitative estimate of drug-likeness (QED) is 0.733. The van der Waals surface area contributed by atoms with Crippen molar-refractivity contribution < 1.29 is 19.1 Å². The Hall–Kier alpha value is -1.40. The van der Waals surface area contributed by atoms with E-state index in [2.05, 4.69) is 10.1 Å². The van der Waals surface area contributed by atoms with Crippen molar-refractivity contribution in [3.63, 3.8) is 0 Å². The average Bonchev–Trinajstić information content (AvgIpc) is 2.49. The van der Waals surface area contributed by atoms with Crippen LogP contribution < -0.4 is 10.1 Å². The van der Waals surface area contributed by atoms with E-state index in [9.17, 15) is 9.59 Å². The van der Waals surface area contributed by atoms with Crippen molar-refractivity contribution >= 4 is 35.2 Å². The molecule has 0 aromatic heterocycles. The molecule has 22 heavy (non-hydrogen) atoms. The summed E-state index contributed by atoms with van der Waals surface area (Å²) in [4.78, 5) is 23.5. The predicted molar refractivity (Wildman–Crippen MR) is 88.6 cm³/mol. The molecule has 0 spiro atoms. The highest BCUT2D eigenvalue weighted by atomic mass is 35.5. The second-order valence-electron chi connectivity index (χ2n) is 4.62. The van der Waals surface area contributed by atoms with Gasteiger partial charge in [0.25, 0.3) is 5.91 Å². The first kappa shape index (κ1) is 18.6. The molecule has 122 valence electrons. The fourth-order valence-corrected chi connectivity index (χ4v) is 2.48. The Kier molecular flexibility index (Phi) is 8.12. The Morgan fingerprint density at radius 2 is 2.14 bits per heavy atom. The van der Waals surface area contributed by atoms with E-state index in [1.165, 1.54) is 7.11 Å². The van der Waals surface area contributed by atoms with Gasteiger partial charge in [-0.2, -0.15) is 11.8 Å². The molecule has 5 nitrogen and oxygen atoms in total. The van der Waals surface area contributed by atoms with Gasteiger partial charge in [0.2, 0.25) is 0 Å². The molecule has 1 aromatic rings. The molecule has 0 aliphatic rings. The maximum Gasteiger partial charge on any atom is 0.328 e. The third kappa shape index (κ3) is 6.15. The van der Waals surface area contributed by atoms with Gasteiger partial charge < -0.3 is 14.8 Å². The normalized spacial score (nSPS) is 11.6. The van der Waals surface area contributed by atoms with Crippen LogP contribution in [0.25, 0.3) is 0 Å². The first-order valence-electron chi connectivity index (χ1n) is 6.73. The van der Waals surface area contributed by atoms with Gasteiger partial charge in [0.1, 0.15) is 11.8 Å². The first-order valence-corrected chi connectivity index (χ1v) is 8.50. The number of amides is 1. The Morgan fingerprint density at radius 1 is 1.41 bits per heavy atom. The van der Waals surface area contributed by atoms with Crippen LogP contribution in [0.15, 0.2) is 18.2 Å². The van der Waals surface area contributed by atoms with Crippen molar-refractivity contribution in [1.82, 2.24) is 5.32 Å². The van der Waals surface area contributed by atoms with E-state index in [-0.39, 0.29) is 12.5 Å². The molecule has 1 atom stereocenters. The molecule has 0 heterocycles. The summed E-state index contributed by atoms with van der Waals surface area (Å²) in [5.41, 5.74) is 0.840. The van der Waals surface area contributed by atoms with Crippen molar-refractivity contribution in [3.05, 3.63) is 28.8 Å². The van der Waals surface area contributed by atoms with Crippen LogP contribution in [0.2, 0.25) is 5.02 Å². The van der Waals surface area contributed by atoms with Crippen LogP contribution in [0, 0.1) is 6.92 Å². The lowest BCUT2D eigenvalue weighted by molar-refractivity contribution is -0.145. The van der Waals surface area contributed by atoms with Gasteiger partial charge in [-0.25, -0.2) is 4.79 Å². The summed E-state index contributed by atoms with van der Waals surface area (Å²) in [5.74, 6) is 0.506. The van der Waals surface area contributed by atoms with E-state index < -0.39 is 12.0 Å². The molecular weight excluding hydrogens is 326 g/mol. The average molecular weight is 346 g/mol. The number of thioether (sulfide) groups is 1. The monoisotopic (exact) mass is 345 g/mol. The third-order valence-corrected chi connectivity index (χ3v) is 3.81. The lowest BCUT2D eigenvalue weighted by Gasteiger charge is -2.16. The van der Waals surface area contributed by atoms with E-state index in [0.29, 0.717) is 17.2 Å². The second kappa shape index (κ2) is 9.58. The largest absolute Gasteiger partial charge is 0.484 e. The molecule has 0 bridgehead atoms. The van der Waals surface area contributed by atoms with Gasteiger partial charge in [-0.3, -0.25) is 4.79 Å². The smallest absolute Gasteiger partial charge is 0.328 e. The molecule has 0 aliphatic heterocycles. The van der Waals surface area contributed by atoms with Crippen molar-refractivity contribution in [1.29, 1.82) is 0 Å². The van der Waals surface area contributed by atoms with Crippen LogP contribution in [0.1, 0.15) is 12.0 Å². The number of benzene rings is 1. The Labute approximate surface area is 139 Å². The fourth-order valence-electron chi connectivity index (χ4n) is 1.78. The fraction of sp³-hybridized carbons (Fsp3) is 0.467. The molecule has 1 rings (SSSR count). The molecule has 0 unspecified atom stereocenters. The van der Waals surface area contributed by atoms with Gasteiger partial charge in [-0.05, 0) is 49.1 Å². The molecule has 1 N–H and O–H groups in total. The maximum atomic E-state index is 11.9. The molecule has 0 saturated carbocycles. The summed E-state index contributed by atoms with van der Waals surface area (Å²) in [6.07, 6.45) is 2.45. The minimum absolute atomic E-state index is 0.171. The van der Waals surface area contributed by atoms with Crippen molar-refractivity contribution in [2.75, 3.05) is 25.7 Å². The highest BCUT2D eigenvalue weighted by molar-refractivity contribution is 7.98. The van der Waals surface area contributed by atoms with E-state index in [0.717, 1.165) is 11.3 Å². The highest BCUT2D eigenvalue weighted by Gasteiger charge is 2.21. The van der Waals surface area contributed by atoms with E-state index >= 15 is 0 Å². The van der Waals surface area contributed by atoms with Gasteiger partial charge in [0.05, 0.1) is 7.11 Å². The maximum absolute atomic E-state index is 11.9. The molecule has 1 amide bonds. The van der Waals surface area contributed by atoms with Gasteiger partial charge in [0.15, 0.2) is 6.61 Å². The van der Waals surface area contributed by atoms with Gasteiger partial charge in [-0.15, -0.1) is 0 Å². The number of methoxy groups -OCH3 is 1. The molecule has 0 saturated heterocycles. The number of halogens is 1. The number of ether oxygens (including phenoxy) is 2. The minimum atomic E-state index is -0.653. The molecule has 0 aliphatic carbocycles. The Balaban J connectivity index is 2.54. The van der Waals surface area contributed by atoms with Crippen LogP contribution in [-0.4, -0.2) is 43.6 Å². The SMILES string of the molecule is COC(=O)[C@H](CCSC)NC(=O)COc1ccc(Cl)cc1C. The van der Waals surface area contributed by atoms with Gasteiger partial charge in [-0.1, -0.05) is 11.6 Å². The molecule has 0 fully saturated rings. The number of carbonyl (C=O) groups is 2. The number of aryl methyl sites for hydroxylation is 1. The number of nitrogens with one attached hydrogen (secondary N) is 1. The number of carbonyl (C=O) groups excluding carboxylic acids is 2. The van der Waals surface area contributed by atoms with Crippen molar-refractivity contribution in [3.8, 4) is 5.75 Å². The van der Waals surface area contributed by atoms with Crippen LogP contribution in [0.3, 0.4) is 0 Å². The van der Waals surface area contributed by atoms with Crippen LogP contribution >= 0.6 is 23.4 Å². The predicted octanol–water partition coefficient (Wildman–Crippen LogP) is 2.44. The van der Waals surface area contributed by atoms with Crippen LogP contribution in [-0.2, 0) is 14.3 Å². The molecular formula is C15H20ClNO4S. The standard InChI is InChI=1S/C15H20ClNO4S/c1-10-8-11(16)4-5-13(10)21-9-14(18)17-12(6-7-22-3)15(19)20-2/h4-5,8,12H,6-7,9H2,1-3H3,(H,17,18)/t12-/m0/s1. The third-order valence-electron chi connectivity index (χ3n) is 2.93. The summed E-state index contributed by atoms with van der Waals surface area (Å²) in [6, 6.07) is 4.50. The van der Waals surface area contributed by atoms with Crippen molar-refractivity contribution in [2.24, 2.45) is 0 Å². The van der Waals surface area contributed by atoms with E-state index in [1.54, 1.807) is 30.0 Å². The first-order chi connectivity index (χ1) is 10.5. The van der Waals surface area contributed by atoms with E-state index in [4.69, 9.17) is 16.3 Å². The summed E-state index contributed by atoms with van der Waals surface area (Å²) in [7, 11) is 1.30. The summed E-state index contributed by atoms with van der Waals surface area (Å²) in [6.45, 7) is 1.67. The Morgan fingerprint density at radius 3 is 2.73 bits per heavy atom. The Bertz CT molecular complexity index is 524. The second-order valence-corrected chi connectivity index (χ2v) is 6.05. The topological polar surface area (TPSA) is 64.6 Å². The molecule has 7 heteroatoms. The molecule has 0 radical (unpaired) electrons. The zero-order chi connectivity index (χ0) is 16.5. The van der Waals surface area contributed by atoms with Crippen LogP contribution in [0.4, 0.5) is 0 Å². The zero-order valence-electron chi connectivity index (χ0n) is 12.8. The van der Waals surface area contributed by atoms with E-state index in [1.807, 2.05) is 13.2 Å². The highest BCUT2D eigenvalue weighted by Crippen LogP contribution is 2.21. The number of hydrogen-bond acceptors (Lipinski definition) is 5. The lowest BCUT2D eigenvalue weighted by Crippen LogP contribution is -2.43. The van der Waals surface area contributed by atoms with Crippen LogP contribution in [0.5, 0.6) is 5.75 Å². The summed E-state index contributed by atoms with van der Waals surface area (Å²) in [5, 5.41) is 3.23. The summed E-state index contributed by atoms with van der Waals surface area (Å²) < 4.78 is 10.1. The number of esters is 1. The minimum Gasteiger partial charge on any atom is -0.484 e. The van der Waals surface area contributed by atoms with Crippen molar-refractivity contribution in [2.45, 2.75) is 19.4 Å². The lowest BCUT2D eigenvalue weighted by atomic mass is 10.2. The number of rotatable bonds is 8. The molecule has 1 aromatic carbocycles. The number of hydrogen-bond donors (Lipinski definition) is 1.